The molecule has 4 rings (SSSR count). The van der Waals surface area contributed by atoms with E-state index in [0.717, 1.165) is 29.2 Å². The van der Waals surface area contributed by atoms with Gasteiger partial charge in [-0.15, -0.1) is 0 Å². The van der Waals surface area contributed by atoms with Gasteiger partial charge in [0.1, 0.15) is 11.9 Å². The highest BCUT2D eigenvalue weighted by Gasteiger charge is 2.43. The van der Waals surface area contributed by atoms with Crippen LogP contribution in [0.15, 0.2) is 54.6 Å². The van der Waals surface area contributed by atoms with E-state index in [1.165, 1.54) is 19.1 Å². The normalized spacial score (nSPS) is 18.3. The fourth-order valence-electron chi connectivity index (χ4n) is 4.33. The number of ether oxygens (including phenoxy) is 1. The Hall–Kier alpha value is -3.04. The van der Waals surface area contributed by atoms with Crippen molar-refractivity contribution in [2.45, 2.75) is 44.1 Å². The predicted octanol–water partition coefficient (Wildman–Crippen LogP) is 9.24. The molecule has 14 heteroatoms. The number of amides is 1. The summed E-state index contributed by atoms with van der Waals surface area (Å²) in [6.45, 7) is 0.756. The van der Waals surface area contributed by atoms with Gasteiger partial charge in [-0.1, -0.05) is 12.1 Å². The van der Waals surface area contributed by atoms with Crippen LogP contribution in [0.25, 0.3) is 11.1 Å². The number of rotatable bonds is 4. The summed E-state index contributed by atoms with van der Waals surface area (Å²) in [5, 5.41) is 0. The molecule has 2 atom stereocenters. The average molecular weight is 691 g/mol. The Morgan fingerprint density at radius 1 is 0.800 bits per heavy atom. The quantitative estimate of drug-likeness (QED) is 0.202. The molecule has 0 bridgehead atoms. The molecule has 0 aliphatic carbocycles. The maximum Gasteiger partial charge on any atom is 0.416 e. The van der Waals surface area contributed by atoms with Gasteiger partial charge >= 0.3 is 24.6 Å². The van der Waals surface area contributed by atoms with Crippen LogP contribution in [0, 0.1) is 9.39 Å². The summed E-state index contributed by atoms with van der Waals surface area (Å²) in [5.41, 5.74) is -4.39. The van der Waals surface area contributed by atoms with E-state index in [0.29, 0.717) is 17.7 Å². The number of alkyl halides is 9. The summed E-state index contributed by atoms with van der Waals surface area (Å²) in [6, 6.07) is 6.12. The molecule has 214 valence electrons. The zero-order chi connectivity index (χ0) is 29.8. The minimum atomic E-state index is -5.14. The number of cyclic esters (lactones) is 1. The average Bonchev–Trinajstić information content (AvgIpc) is 3.12. The van der Waals surface area contributed by atoms with E-state index in [4.69, 9.17) is 4.74 Å². The maximum atomic E-state index is 13.8. The molecular formula is C26H16F10INO2. The van der Waals surface area contributed by atoms with Crippen LogP contribution in [-0.2, 0) is 29.8 Å². The van der Waals surface area contributed by atoms with Gasteiger partial charge in [0, 0.05) is 3.57 Å². The van der Waals surface area contributed by atoms with E-state index in [1.54, 1.807) is 22.6 Å². The Morgan fingerprint density at radius 2 is 1.38 bits per heavy atom. The second kappa shape index (κ2) is 10.4. The lowest BCUT2D eigenvalue weighted by Crippen LogP contribution is -2.32. The molecule has 0 saturated carbocycles. The molecule has 3 aromatic rings. The highest BCUT2D eigenvalue weighted by atomic mass is 127. The fourth-order valence-corrected chi connectivity index (χ4v) is 4.85. The van der Waals surface area contributed by atoms with Crippen LogP contribution in [0.2, 0.25) is 0 Å². The maximum absolute atomic E-state index is 13.8. The lowest BCUT2D eigenvalue weighted by atomic mass is 9.95. The van der Waals surface area contributed by atoms with Crippen molar-refractivity contribution in [3.8, 4) is 11.1 Å². The van der Waals surface area contributed by atoms with Gasteiger partial charge in [0.25, 0.3) is 0 Å². The molecule has 3 aromatic carbocycles. The minimum absolute atomic E-state index is 0.0540. The SMILES string of the molecule is C[C@H]1[C@@H](c2cc(C(F)(F)F)cc(C(F)(F)F)c2)OC(=O)N1Cc1cc(C(F)(F)F)ccc1-c1ccc(F)c(I)c1. The summed E-state index contributed by atoms with van der Waals surface area (Å²) in [4.78, 5) is 13.7. The van der Waals surface area contributed by atoms with Crippen LogP contribution in [0.4, 0.5) is 48.7 Å². The van der Waals surface area contributed by atoms with Crippen molar-refractivity contribution in [1.82, 2.24) is 4.90 Å². The highest BCUT2D eigenvalue weighted by Crippen LogP contribution is 2.42. The van der Waals surface area contributed by atoms with Crippen LogP contribution >= 0.6 is 22.6 Å². The smallest absolute Gasteiger partial charge is 0.416 e. The van der Waals surface area contributed by atoms with Crippen molar-refractivity contribution >= 4 is 28.7 Å². The third-order valence-corrected chi connectivity index (χ3v) is 7.16. The Kier molecular flexibility index (Phi) is 7.79. The molecule has 1 saturated heterocycles. The van der Waals surface area contributed by atoms with Crippen molar-refractivity contribution < 1.29 is 53.4 Å². The van der Waals surface area contributed by atoms with E-state index in [-0.39, 0.29) is 20.8 Å². The first kappa shape index (κ1) is 29.9. The van der Waals surface area contributed by atoms with Gasteiger partial charge in [-0.05, 0) is 94.2 Å². The van der Waals surface area contributed by atoms with Crippen LogP contribution in [0.5, 0.6) is 0 Å². The van der Waals surface area contributed by atoms with E-state index < -0.39 is 71.4 Å². The lowest BCUT2D eigenvalue weighted by molar-refractivity contribution is -0.143. The third kappa shape index (κ3) is 6.15. The third-order valence-electron chi connectivity index (χ3n) is 6.33. The Bertz CT molecular complexity index is 1420. The summed E-state index contributed by atoms with van der Waals surface area (Å²) in [6.07, 6.45) is -17.8. The van der Waals surface area contributed by atoms with Crippen molar-refractivity contribution in [3.63, 3.8) is 0 Å². The molecule has 1 heterocycles. The number of halogens is 11. The first-order chi connectivity index (χ1) is 18.4. The molecule has 1 amide bonds. The summed E-state index contributed by atoms with van der Waals surface area (Å²) >= 11 is 1.69. The number of hydrogen-bond donors (Lipinski definition) is 0. The highest BCUT2D eigenvalue weighted by molar-refractivity contribution is 14.1. The zero-order valence-corrected chi connectivity index (χ0v) is 22.1. The first-order valence-electron chi connectivity index (χ1n) is 11.3. The molecule has 0 aromatic heterocycles. The van der Waals surface area contributed by atoms with Gasteiger partial charge in [0.15, 0.2) is 0 Å². The molecule has 3 nitrogen and oxygen atoms in total. The van der Waals surface area contributed by atoms with Crippen molar-refractivity contribution in [2.24, 2.45) is 0 Å². The van der Waals surface area contributed by atoms with Crippen molar-refractivity contribution in [3.05, 3.63) is 91.8 Å². The van der Waals surface area contributed by atoms with Gasteiger partial charge in [-0.3, -0.25) is 4.90 Å². The van der Waals surface area contributed by atoms with Gasteiger partial charge < -0.3 is 4.74 Å². The van der Waals surface area contributed by atoms with Crippen LogP contribution < -0.4 is 0 Å². The Balaban J connectivity index is 1.75. The fraction of sp³-hybridized carbons (Fsp3) is 0.269. The number of carbonyl (C=O) groups is 1. The van der Waals surface area contributed by atoms with Crippen LogP contribution in [0.1, 0.15) is 40.8 Å². The van der Waals surface area contributed by atoms with Crippen molar-refractivity contribution in [1.29, 1.82) is 0 Å². The monoisotopic (exact) mass is 691 g/mol. The molecule has 0 unspecified atom stereocenters. The molecule has 1 aliphatic rings. The molecular weight excluding hydrogens is 675 g/mol. The standard InChI is InChI=1S/C26H16F10INO2/c1-12-22(14-6-17(25(31,32)33)10-18(7-14)26(34,35)36)40-23(39)38(12)11-15-8-16(24(28,29)30)3-4-19(15)13-2-5-20(27)21(37)9-13/h2-10,12,22H,11H2,1H3/t12-,22-/m0/s1. The molecule has 0 radical (unpaired) electrons. The topological polar surface area (TPSA) is 29.5 Å². The Labute approximate surface area is 233 Å². The van der Waals surface area contributed by atoms with E-state index in [1.807, 2.05) is 0 Å². The largest absolute Gasteiger partial charge is 0.439 e. The van der Waals surface area contributed by atoms with E-state index >= 15 is 0 Å². The number of benzene rings is 3. The number of nitrogens with zero attached hydrogens (tertiary/aromatic N) is 1. The molecule has 1 aliphatic heterocycles. The number of hydrogen-bond acceptors (Lipinski definition) is 2. The second-order valence-corrected chi connectivity index (χ2v) is 10.2. The van der Waals surface area contributed by atoms with E-state index in [9.17, 15) is 48.7 Å². The van der Waals surface area contributed by atoms with E-state index in [2.05, 4.69) is 0 Å². The van der Waals surface area contributed by atoms with Crippen LogP contribution in [-0.4, -0.2) is 17.0 Å². The molecule has 1 fully saturated rings. The summed E-state index contributed by atoms with van der Waals surface area (Å²) < 4.78 is 140. The van der Waals surface area contributed by atoms with Crippen molar-refractivity contribution in [2.75, 3.05) is 0 Å². The summed E-state index contributed by atoms with van der Waals surface area (Å²) in [7, 11) is 0. The molecule has 0 spiro atoms. The molecule has 0 N–H and O–H groups in total. The number of carbonyl (C=O) groups excluding carboxylic acids is 1. The van der Waals surface area contributed by atoms with Crippen LogP contribution in [0.3, 0.4) is 0 Å². The Morgan fingerprint density at radius 3 is 1.90 bits per heavy atom. The second-order valence-electron chi connectivity index (χ2n) is 9.01. The zero-order valence-electron chi connectivity index (χ0n) is 20.0. The predicted molar refractivity (Wildman–Crippen MR) is 130 cm³/mol. The van der Waals surface area contributed by atoms with Gasteiger partial charge in [0.05, 0.1) is 29.3 Å². The van der Waals surface area contributed by atoms with Gasteiger partial charge in [-0.25, -0.2) is 9.18 Å². The lowest BCUT2D eigenvalue weighted by Gasteiger charge is -2.24. The molecule has 40 heavy (non-hydrogen) atoms. The first-order valence-corrected chi connectivity index (χ1v) is 12.4. The summed E-state index contributed by atoms with van der Waals surface area (Å²) in [5.74, 6) is -0.572. The van der Waals surface area contributed by atoms with Gasteiger partial charge in [0.2, 0.25) is 0 Å². The minimum Gasteiger partial charge on any atom is -0.439 e. The van der Waals surface area contributed by atoms with Gasteiger partial charge in [-0.2, -0.15) is 39.5 Å².